The molecule has 0 aliphatic carbocycles. The summed E-state index contributed by atoms with van der Waals surface area (Å²) in [5, 5.41) is 3.41. The molecule has 0 radical (unpaired) electrons. The molecule has 0 saturated carbocycles. The summed E-state index contributed by atoms with van der Waals surface area (Å²) in [4.78, 5) is 6.75. The summed E-state index contributed by atoms with van der Waals surface area (Å²) in [6.07, 6.45) is 3.14. The van der Waals surface area contributed by atoms with Crippen LogP contribution in [-0.2, 0) is 0 Å². The van der Waals surface area contributed by atoms with Crippen LogP contribution in [0.1, 0.15) is 27.2 Å². The van der Waals surface area contributed by atoms with Crippen LogP contribution in [0.25, 0.3) is 0 Å². The highest BCUT2D eigenvalue weighted by Gasteiger charge is 2.02. The standard InChI is InChI=1S/C14H25N3S/c1-4-17(5-2)14-9-8-13(12-16-14)15-10-7-11-18-6-3/h8-9,12,15H,4-7,10-11H2,1-3H3. The third-order valence-corrected chi connectivity index (χ3v) is 3.82. The number of thioether (sulfide) groups is 1. The summed E-state index contributed by atoms with van der Waals surface area (Å²) in [5.41, 5.74) is 1.12. The number of hydrogen-bond donors (Lipinski definition) is 1. The topological polar surface area (TPSA) is 28.2 Å². The Morgan fingerprint density at radius 1 is 1.22 bits per heavy atom. The van der Waals surface area contributed by atoms with Crippen molar-refractivity contribution < 1.29 is 0 Å². The minimum atomic E-state index is 1.00. The van der Waals surface area contributed by atoms with Crippen molar-refractivity contribution in [3.8, 4) is 0 Å². The molecule has 0 fully saturated rings. The van der Waals surface area contributed by atoms with E-state index in [0.29, 0.717) is 0 Å². The third kappa shape index (κ3) is 5.17. The van der Waals surface area contributed by atoms with E-state index in [1.165, 1.54) is 17.9 Å². The molecule has 0 amide bonds. The molecule has 0 unspecified atom stereocenters. The lowest BCUT2D eigenvalue weighted by Crippen LogP contribution is -2.22. The lowest BCUT2D eigenvalue weighted by atomic mass is 10.3. The van der Waals surface area contributed by atoms with Gasteiger partial charge in [0, 0.05) is 19.6 Å². The van der Waals surface area contributed by atoms with E-state index < -0.39 is 0 Å². The second-order valence-electron chi connectivity index (χ2n) is 4.05. The van der Waals surface area contributed by atoms with E-state index in [4.69, 9.17) is 0 Å². The smallest absolute Gasteiger partial charge is 0.128 e. The van der Waals surface area contributed by atoms with E-state index in [-0.39, 0.29) is 0 Å². The Kier molecular flexibility index (Phi) is 7.65. The molecule has 1 aromatic rings. The lowest BCUT2D eigenvalue weighted by molar-refractivity contribution is 0.846. The van der Waals surface area contributed by atoms with E-state index in [0.717, 1.165) is 31.1 Å². The predicted octanol–water partition coefficient (Wildman–Crippen LogP) is 3.48. The largest absolute Gasteiger partial charge is 0.384 e. The molecule has 102 valence electrons. The van der Waals surface area contributed by atoms with Gasteiger partial charge in [0.15, 0.2) is 0 Å². The van der Waals surface area contributed by atoms with Gasteiger partial charge in [-0.05, 0) is 43.9 Å². The van der Waals surface area contributed by atoms with Gasteiger partial charge in [0.25, 0.3) is 0 Å². The zero-order valence-corrected chi connectivity index (χ0v) is 12.6. The van der Waals surface area contributed by atoms with Gasteiger partial charge in [0.2, 0.25) is 0 Å². The highest BCUT2D eigenvalue weighted by atomic mass is 32.2. The van der Waals surface area contributed by atoms with Crippen LogP contribution in [0.5, 0.6) is 0 Å². The zero-order chi connectivity index (χ0) is 13.2. The average Bonchev–Trinajstić information content (AvgIpc) is 2.41. The lowest BCUT2D eigenvalue weighted by Gasteiger charge is -2.19. The molecule has 0 saturated heterocycles. The minimum Gasteiger partial charge on any atom is -0.384 e. The van der Waals surface area contributed by atoms with E-state index in [1.807, 2.05) is 18.0 Å². The number of nitrogens with one attached hydrogen (secondary N) is 1. The number of pyridine rings is 1. The third-order valence-electron chi connectivity index (χ3n) is 2.83. The van der Waals surface area contributed by atoms with Gasteiger partial charge in [0.05, 0.1) is 11.9 Å². The molecule has 4 heteroatoms. The molecule has 18 heavy (non-hydrogen) atoms. The van der Waals surface area contributed by atoms with Crippen LogP contribution in [-0.4, -0.2) is 36.1 Å². The van der Waals surface area contributed by atoms with Crippen LogP contribution >= 0.6 is 11.8 Å². The van der Waals surface area contributed by atoms with Crippen LogP contribution < -0.4 is 10.2 Å². The van der Waals surface area contributed by atoms with Crippen molar-refractivity contribution in [3.63, 3.8) is 0 Å². The highest BCUT2D eigenvalue weighted by molar-refractivity contribution is 7.99. The Labute approximate surface area is 115 Å². The molecule has 1 heterocycles. The van der Waals surface area contributed by atoms with Crippen molar-refractivity contribution in [1.82, 2.24) is 4.98 Å². The second-order valence-corrected chi connectivity index (χ2v) is 5.45. The Morgan fingerprint density at radius 3 is 2.56 bits per heavy atom. The van der Waals surface area contributed by atoms with Gasteiger partial charge in [-0.2, -0.15) is 11.8 Å². The fourth-order valence-corrected chi connectivity index (χ4v) is 2.41. The molecule has 1 rings (SSSR count). The van der Waals surface area contributed by atoms with Gasteiger partial charge in [-0.25, -0.2) is 4.98 Å². The van der Waals surface area contributed by atoms with Gasteiger partial charge < -0.3 is 10.2 Å². The minimum absolute atomic E-state index is 1.00. The SMILES string of the molecule is CCSCCCNc1ccc(N(CC)CC)nc1. The maximum absolute atomic E-state index is 4.49. The van der Waals surface area contributed by atoms with Crippen molar-refractivity contribution in [3.05, 3.63) is 18.3 Å². The van der Waals surface area contributed by atoms with Crippen LogP contribution in [0, 0.1) is 0 Å². The molecule has 0 aliphatic rings. The van der Waals surface area contributed by atoms with E-state index in [1.54, 1.807) is 0 Å². The summed E-state index contributed by atoms with van der Waals surface area (Å²) in [5.74, 6) is 3.50. The Hall–Kier alpha value is -0.900. The number of anilines is 2. The summed E-state index contributed by atoms with van der Waals surface area (Å²) < 4.78 is 0. The van der Waals surface area contributed by atoms with Gasteiger partial charge in [0.1, 0.15) is 5.82 Å². The average molecular weight is 267 g/mol. The molecule has 1 N–H and O–H groups in total. The molecule has 1 aromatic heterocycles. The predicted molar refractivity (Wildman–Crippen MR) is 83.9 cm³/mol. The van der Waals surface area contributed by atoms with Gasteiger partial charge in [-0.3, -0.25) is 0 Å². The van der Waals surface area contributed by atoms with E-state index >= 15 is 0 Å². The van der Waals surface area contributed by atoms with Gasteiger partial charge in [-0.1, -0.05) is 6.92 Å². The van der Waals surface area contributed by atoms with Crippen molar-refractivity contribution in [1.29, 1.82) is 0 Å². The van der Waals surface area contributed by atoms with E-state index in [9.17, 15) is 0 Å². The van der Waals surface area contributed by atoms with E-state index in [2.05, 4.69) is 48.1 Å². The molecular weight excluding hydrogens is 242 g/mol. The molecular formula is C14H25N3S. The normalized spacial score (nSPS) is 10.4. The van der Waals surface area contributed by atoms with Crippen LogP contribution in [0.2, 0.25) is 0 Å². The number of nitrogens with zero attached hydrogens (tertiary/aromatic N) is 2. The molecule has 0 aliphatic heterocycles. The maximum atomic E-state index is 4.49. The van der Waals surface area contributed by atoms with Gasteiger partial charge >= 0.3 is 0 Å². The molecule has 0 bridgehead atoms. The summed E-state index contributed by atoms with van der Waals surface area (Å²) >= 11 is 1.99. The first-order valence-corrected chi connectivity index (χ1v) is 7.99. The monoisotopic (exact) mass is 267 g/mol. The number of aromatic nitrogens is 1. The number of rotatable bonds is 9. The summed E-state index contributed by atoms with van der Waals surface area (Å²) in [7, 11) is 0. The first-order valence-electron chi connectivity index (χ1n) is 6.84. The first-order chi connectivity index (χ1) is 8.81. The molecule has 0 atom stereocenters. The Morgan fingerprint density at radius 2 is 2.00 bits per heavy atom. The fourth-order valence-electron chi connectivity index (χ4n) is 1.78. The van der Waals surface area contributed by atoms with Crippen molar-refractivity contribution >= 4 is 23.3 Å². The summed E-state index contributed by atoms with van der Waals surface area (Å²) in [6.45, 7) is 9.55. The van der Waals surface area contributed by atoms with Crippen LogP contribution in [0.15, 0.2) is 18.3 Å². The Bertz CT molecular complexity index is 309. The highest BCUT2D eigenvalue weighted by Crippen LogP contribution is 2.13. The Balaban J connectivity index is 2.35. The molecule has 0 spiro atoms. The zero-order valence-electron chi connectivity index (χ0n) is 11.8. The van der Waals surface area contributed by atoms with Crippen molar-refractivity contribution in [2.45, 2.75) is 27.2 Å². The maximum Gasteiger partial charge on any atom is 0.128 e. The quantitative estimate of drug-likeness (QED) is 0.693. The first kappa shape index (κ1) is 15.2. The molecule has 0 aromatic carbocycles. The van der Waals surface area contributed by atoms with Gasteiger partial charge in [-0.15, -0.1) is 0 Å². The number of hydrogen-bond acceptors (Lipinski definition) is 4. The second kappa shape index (κ2) is 9.09. The van der Waals surface area contributed by atoms with Crippen LogP contribution in [0.3, 0.4) is 0 Å². The van der Waals surface area contributed by atoms with Crippen molar-refractivity contribution in [2.75, 3.05) is 41.4 Å². The fraction of sp³-hybridized carbons (Fsp3) is 0.643. The van der Waals surface area contributed by atoms with Crippen LogP contribution in [0.4, 0.5) is 11.5 Å². The molecule has 3 nitrogen and oxygen atoms in total. The summed E-state index contributed by atoms with van der Waals surface area (Å²) in [6, 6.07) is 4.21. The van der Waals surface area contributed by atoms with Crippen molar-refractivity contribution in [2.24, 2.45) is 0 Å².